The molecular weight excluding hydrogens is 403 g/mol. The number of aromatic nitrogens is 3. The average Bonchev–Trinajstić information content (AvgIpc) is 3.17. The first-order chi connectivity index (χ1) is 14.4. The van der Waals surface area contributed by atoms with Crippen molar-refractivity contribution in [2.24, 2.45) is 7.05 Å². The van der Waals surface area contributed by atoms with Crippen molar-refractivity contribution in [2.75, 3.05) is 11.1 Å². The minimum atomic E-state index is -0.379. The first kappa shape index (κ1) is 19.9. The lowest BCUT2D eigenvalue weighted by molar-refractivity contribution is -0.113. The standard InChI is InChI=1S/C22H19FN4O2S/c1-13-8-9-15(10-17(13)23)25-18(28)12-30-22-26-19-16(14-6-4-3-5-7-14)11-24-20(19)21(29)27(22)2/h3-11,24H,12H2,1-2H3,(H,25,28). The molecule has 1 amide bonds. The van der Waals surface area contributed by atoms with Crippen LogP contribution in [0, 0.1) is 12.7 Å². The number of hydrogen-bond donors (Lipinski definition) is 2. The zero-order valence-electron chi connectivity index (χ0n) is 16.4. The molecule has 0 atom stereocenters. The molecule has 0 unspecified atom stereocenters. The molecule has 2 aromatic carbocycles. The molecular formula is C22H19FN4O2S. The third kappa shape index (κ3) is 3.86. The molecule has 0 radical (unpaired) electrons. The van der Waals surface area contributed by atoms with Gasteiger partial charge in [0.2, 0.25) is 5.91 Å². The zero-order valence-corrected chi connectivity index (χ0v) is 17.2. The van der Waals surface area contributed by atoms with Crippen molar-refractivity contribution in [3.63, 3.8) is 0 Å². The molecule has 4 rings (SSSR count). The normalized spacial score (nSPS) is 11.0. The number of aryl methyl sites for hydroxylation is 1. The molecule has 0 fully saturated rings. The van der Waals surface area contributed by atoms with E-state index in [0.29, 0.717) is 27.4 Å². The van der Waals surface area contributed by atoms with Gasteiger partial charge in [-0.2, -0.15) is 0 Å². The van der Waals surface area contributed by atoms with Gasteiger partial charge in [0.1, 0.15) is 16.9 Å². The number of aromatic amines is 1. The van der Waals surface area contributed by atoms with Crippen molar-refractivity contribution in [3.05, 3.63) is 76.5 Å². The molecule has 0 saturated heterocycles. The van der Waals surface area contributed by atoms with E-state index in [2.05, 4.69) is 15.3 Å². The Morgan fingerprint density at radius 1 is 1.23 bits per heavy atom. The second-order valence-electron chi connectivity index (χ2n) is 6.85. The van der Waals surface area contributed by atoms with Crippen molar-refractivity contribution < 1.29 is 9.18 Å². The van der Waals surface area contributed by atoms with Gasteiger partial charge in [0.05, 0.1) is 5.75 Å². The number of H-pyrrole nitrogens is 1. The summed E-state index contributed by atoms with van der Waals surface area (Å²) < 4.78 is 15.1. The fourth-order valence-electron chi connectivity index (χ4n) is 3.08. The van der Waals surface area contributed by atoms with Gasteiger partial charge in [-0.05, 0) is 30.2 Å². The Morgan fingerprint density at radius 2 is 2.00 bits per heavy atom. The van der Waals surface area contributed by atoms with Crippen LogP contribution in [0.15, 0.2) is 64.7 Å². The van der Waals surface area contributed by atoms with Crippen molar-refractivity contribution in [1.82, 2.24) is 14.5 Å². The van der Waals surface area contributed by atoms with Crippen LogP contribution in [0.5, 0.6) is 0 Å². The smallest absolute Gasteiger partial charge is 0.278 e. The summed E-state index contributed by atoms with van der Waals surface area (Å²) >= 11 is 1.15. The van der Waals surface area contributed by atoms with Gasteiger partial charge in [-0.1, -0.05) is 48.2 Å². The van der Waals surface area contributed by atoms with Crippen molar-refractivity contribution in [2.45, 2.75) is 12.1 Å². The van der Waals surface area contributed by atoms with E-state index in [1.807, 2.05) is 30.3 Å². The summed E-state index contributed by atoms with van der Waals surface area (Å²) in [6.45, 7) is 1.66. The predicted octanol–water partition coefficient (Wildman–Crippen LogP) is 4.11. The highest BCUT2D eigenvalue weighted by Crippen LogP contribution is 2.27. The highest BCUT2D eigenvalue weighted by molar-refractivity contribution is 7.99. The van der Waals surface area contributed by atoms with E-state index in [-0.39, 0.29) is 23.0 Å². The Hall–Kier alpha value is -3.39. The number of nitrogens with one attached hydrogen (secondary N) is 2. The Labute approximate surface area is 176 Å². The topological polar surface area (TPSA) is 79.8 Å². The molecule has 4 aromatic rings. The molecule has 2 aromatic heterocycles. The fraction of sp³-hybridized carbons (Fsp3) is 0.136. The number of anilines is 1. The van der Waals surface area contributed by atoms with E-state index in [4.69, 9.17) is 0 Å². The van der Waals surface area contributed by atoms with Crippen LogP contribution in [0.25, 0.3) is 22.2 Å². The van der Waals surface area contributed by atoms with E-state index >= 15 is 0 Å². The van der Waals surface area contributed by atoms with Crippen LogP contribution in [-0.4, -0.2) is 26.2 Å². The van der Waals surface area contributed by atoms with Crippen LogP contribution < -0.4 is 10.9 Å². The molecule has 0 aliphatic rings. The monoisotopic (exact) mass is 422 g/mol. The van der Waals surface area contributed by atoms with E-state index in [0.717, 1.165) is 22.9 Å². The third-order valence-electron chi connectivity index (χ3n) is 4.74. The van der Waals surface area contributed by atoms with Gasteiger partial charge in [-0.15, -0.1) is 0 Å². The summed E-state index contributed by atoms with van der Waals surface area (Å²) in [4.78, 5) is 32.7. The molecule has 2 heterocycles. The van der Waals surface area contributed by atoms with Gasteiger partial charge >= 0.3 is 0 Å². The predicted molar refractivity (Wildman–Crippen MR) is 117 cm³/mol. The van der Waals surface area contributed by atoms with Crippen LogP contribution in [0.1, 0.15) is 5.56 Å². The highest BCUT2D eigenvalue weighted by atomic mass is 32.2. The molecule has 152 valence electrons. The van der Waals surface area contributed by atoms with Crippen molar-refractivity contribution >= 4 is 34.4 Å². The van der Waals surface area contributed by atoms with Gasteiger partial charge in [0, 0.05) is 24.5 Å². The van der Waals surface area contributed by atoms with Gasteiger partial charge in [-0.25, -0.2) is 9.37 Å². The second-order valence-corrected chi connectivity index (χ2v) is 7.79. The molecule has 0 aliphatic carbocycles. The van der Waals surface area contributed by atoms with Gasteiger partial charge in [-0.3, -0.25) is 14.2 Å². The Morgan fingerprint density at radius 3 is 2.73 bits per heavy atom. The zero-order chi connectivity index (χ0) is 21.3. The highest BCUT2D eigenvalue weighted by Gasteiger charge is 2.16. The molecule has 0 aliphatic heterocycles. The van der Waals surface area contributed by atoms with Crippen LogP contribution in [0.3, 0.4) is 0 Å². The lowest BCUT2D eigenvalue weighted by Gasteiger charge is -2.09. The summed E-state index contributed by atoms with van der Waals surface area (Å²) in [7, 11) is 1.62. The average molecular weight is 422 g/mol. The quantitative estimate of drug-likeness (QED) is 0.375. The fourth-order valence-corrected chi connectivity index (χ4v) is 3.85. The molecule has 6 nitrogen and oxygen atoms in total. The molecule has 0 saturated carbocycles. The van der Waals surface area contributed by atoms with E-state index in [9.17, 15) is 14.0 Å². The van der Waals surface area contributed by atoms with E-state index < -0.39 is 0 Å². The summed E-state index contributed by atoms with van der Waals surface area (Å²) in [5.41, 5.74) is 3.43. The number of fused-ring (bicyclic) bond motifs is 1. The number of carbonyl (C=O) groups is 1. The van der Waals surface area contributed by atoms with E-state index in [1.165, 1.54) is 10.6 Å². The lowest BCUT2D eigenvalue weighted by Crippen LogP contribution is -2.21. The Kier molecular flexibility index (Phi) is 5.41. The maximum absolute atomic E-state index is 13.7. The molecule has 2 N–H and O–H groups in total. The summed E-state index contributed by atoms with van der Waals surface area (Å²) in [6.07, 6.45) is 1.77. The minimum Gasteiger partial charge on any atom is -0.355 e. The van der Waals surface area contributed by atoms with Crippen LogP contribution >= 0.6 is 11.8 Å². The number of benzene rings is 2. The molecule has 0 spiro atoms. The Balaban J connectivity index is 1.58. The first-order valence-corrected chi connectivity index (χ1v) is 10.2. The van der Waals surface area contributed by atoms with Crippen LogP contribution in [0.2, 0.25) is 0 Å². The maximum Gasteiger partial charge on any atom is 0.278 e. The third-order valence-corrected chi connectivity index (χ3v) is 5.77. The summed E-state index contributed by atoms with van der Waals surface area (Å²) in [5, 5.41) is 3.09. The van der Waals surface area contributed by atoms with Crippen molar-refractivity contribution in [1.29, 1.82) is 0 Å². The summed E-state index contributed by atoms with van der Waals surface area (Å²) in [6, 6.07) is 14.2. The number of amides is 1. The largest absolute Gasteiger partial charge is 0.355 e. The number of nitrogens with zero attached hydrogens (tertiary/aromatic N) is 2. The second kappa shape index (κ2) is 8.16. The number of halogens is 1. The molecule has 30 heavy (non-hydrogen) atoms. The SMILES string of the molecule is Cc1ccc(NC(=O)CSc2nc3c(-c4ccccc4)c[nH]c3c(=O)n2C)cc1F. The first-order valence-electron chi connectivity index (χ1n) is 9.26. The van der Waals surface area contributed by atoms with Gasteiger partial charge in [0.15, 0.2) is 5.16 Å². The van der Waals surface area contributed by atoms with Crippen LogP contribution in [-0.2, 0) is 11.8 Å². The molecule has 0 bridgehead atoms. The number of rotatable bonds is 5. The summed E-state index contributed by atoms with van der Waals surface area (Å²) in [5.74, 6) is -0.655. The van der Waals surface area contributed by atoms with Gasteiger partial charge in [0.25, 0.3) is 5.56 Å². The number of thioether (sulfide) groups is 1. The molecule has 8 heteroatoms. The Bertz CT molecular complexity index is 1300. The minimum absolute atomic E-state index is 0.0341. The van der Waals surface area contributed by atoms with Crippen LogP contribution in [0.4, 0.5) is 10.1 Å². The lowest BCUT2D eigenvalue weighted by atomic mass is 10.1. The number of hydrogen-bond acceptors (Lipinski definition) is 4. The maximum atomic E-state index is 13.7. The van der Waals surface area contributed by atoms with Crippen molar-refractivity contribution in [3.8, 4) is 11.1 Å². The number of carbonyl (C=O) groups excluding carboxylic acids is 1. The van der Waals surface area contributed by atoms with E-state index in [1.54, 1.807) is 32.3 Å². The van der Waals surface area contributed by atoms with Gasteiger partial charge < -0.3 is 10.3 Å².